The van der Waals surface area contributed by atoms with Crippen LogP contribution in [0.2, 0.25) is 0 Å². The fourth-order valence-corrected chi connectivity index (χ4v) is 3.66. The van der Waals surface area contributed by atoms with Crippen LogP contribution in [0.1, 0.15) is 17.7 Å². The summed E-state index contributed by atoms with van der Waals surface area (Å²) in [6.45, 7) is 5.38. The standard InChI is InChI=1S/C12H19N3OS.ClH/c13-12-14-5-11(17-12)7-15-3-1-9(6-15)10-2-4-16-8-10;/h5,9-10H,1-4,6-8H2,(H2,13,14);1H. The van der Waals surface area contributed by atoms with E-state index in [0.717, 1.165) is 31.6 Å². The number of nitrogens with two attached hydrogens (primary N) is 1. The number of anilines is 1. The van der Waals surface area contributed by atoms with E-state index in [1.54, 1.807) is 11.3 Å². The zero-order valence-electron chi connectivity index (χ0n) is 10.4. The van der Waals surface area contributed by atoms with E-state index in [1.807, 2.05) is 6.20 Å². The van der Waals surface area contributed by atoms with Gasteiger partial charge in [0.05, 0.1) is 0 Å². The van der Waals surface area contributed by atoms with Crippen LogP contribution in [0.4, 0.5) is 5.13 Å². The van der Waals surface area contributed by atoms with E-state index < -0.39 is 0 Å². The van der Waals surface area contributed by atoms with Crippen molar-refractivity contribution < 1.29 is 4.74 Å². The van der Waals surface area contributed by atoms with Gasteiger partial charge in [-0.05, 0) is 31.2 Å². The molecule has 2 unspecified atom stereocenters. The Morgan fingerprint density at radius 3 is 3.00 bits per heavy atom. The number of nitrogens with zero attached hydrogens (tertiary/aromatic N) is 2. The molecular formula is C12H20ClN3OS. The van der Waals surface area contributed by atoms with Crippen molar-refractivity contribution in [2.24, 2.45) is 11.8 Å². The molecule has 2 fully saturated rings. The van der Waals surface area contributed by atoms with E-state index >= 15 is 0 Å². The van der Waals surface area contributed by atoms with Gasteiger partial charge in [0.25, 0.3) is 0 Å². The maximum absolute atomic E-state index is 5.65. The van der Waals surface area contributed by atoms with Gasteiger partial charge in [0, 0.05) is 37.4 Å². The molecule has 2 atom stereocenters. The molecule has 4 nitrogen and oxygen atoms in total. The molecule has 2 N–H and O–H groups in total. The minimum Gasteiger partial charge on any atom is -0.381 e. The van der Waals surface area contributed by atoms with Crippen LogP contribution in [0.3, 0.4) is 0 Å². The van der Waals surface area contributed by atoms with Crippen LogP contribution in [0.5, 0.6) is 0 Å². The SMILES string of the molecule is Cl.Nc1ncc(CN2CCC(C3CCOC3)C2)s1. The molecule has 1 aromatic rings. The highest BCUT2D eigenvalue weighted by molar-refractivity contribution is 7.15. The lowest BCUT2D eigenvalue weighted by atomic mass is 9.91. The highest BCUT2D eigenvalue weighted by atomic mass is 35.5. The van der Waals surface area contributed by atoms with E-state index in [2.05, 4.69) is 9.88 Å². The number of ether oxygens (including phenoxy) is 1. The first-order valence-corrected chi connectivity index (χ1v) is 7.13. The summed E-state index contributed by atoms with van der Waals surface area (Å²) in [7, 11) is 0. The van der Waals surface area contributed by atoms with E-state index in [9.17, 15) is 0 Å². The molecule has 102 valence electrons. The van der Waals surface area contributed by atoms with Crippen LogP contribution in [0.15, 0.2) is 6.20 Å². The van der Waals surface area contributed by atoms with E-state index in [1.165, 1.54) is 30.8 Å². The zero-order chi connectivity index (χ0) is 11.7. The second-order valence-electron chi connectivity index (χ2n) is 5.07. The molecule has 3 rings (SSSR count). The smallest absolute Gasteiger partial charge is 0.180 e. The molecule has 3 heterocycles. The zero-order valence-corrected chi connectivity index (χ0v) is 12.0. The summed E-state index contributed by atoms with van der Waals surface area (Å²) in [6.07, 6.45) is 4.49. The summed E-state index contributed by atoms with van der Waals surface area (Å²) < 4.78 is 5.48. The molecule has 0 radical (unpaired) electrons. The highest BCUT2D eigenvalue weighted by Crippen LogP contribution is 2.31. The molecule has 1 aromatic heterocycles. The quantitative estimate of drug-likeness (QED) is 0.925. The average Bonchev–Trinajstić information content (AvgIpc) is 3.00. The average molecular weight is 290 g/mol. The molecular weight excluding hydrogens is 270 g/mol. The largest absolute Gasteiger partial charge is 0.381 e. The Kier molecular flexibility index (Phi) is 4.84. The van der Waals surface area contributed by atoms with Crippen LogP contribution in [0, 0.1) is 11.8 Å². The van der Waals surface area contributed by atoms with E-state index in [4.69, 9.17) is 10.5 Å². The predicted molar refractivity (Wildman–Crippen MR) is 76.1 cm³/mol. The number of rotatable bonds is 3. The Bertz CT molecular complexity index is 381. The number of halogens is 1. The van der Waals surface area contributed by atoms with Crippen molar-refractivity contribution in [3.05, 3.63) is 11.1 Å². The molecule has 2 saturated heterocycles. The molecule has 0 saturated carbocycles. The number of hydrogen-bond donors (Lipinski definition) is 1. The number of thiazole rings is 1. The van der Waals surface area contributed by atoms with Crippen molar-refractivity contribution in [3.8, 4) is 0 Å². The third kappa shape index (κ3) is 3.15. The molecule has 0 aromatic carbocycles. The van der Waals surface area contributed by atoms with Crippen molar-refractivity contribution in [1.29, 1.82) is 0 Å². The van der Waals surface area contributed by atoms with Gasteiger partial charge in [0.1, 0.15) is 0 Å². The number of likely N-dealkylation sites (tertiary alicyclic amines) is 1. The molecule has 6 heteroatoms. The van der Waals surface area contributed by atoms with Crippen LogP contribution < -0.4 is 5.73 Å². The van der Waals surface area contributed by atoms with Gasteiger partial charge in [0.2, 0.25) is 0 Å². The second kappa shape index (κ2) is 6.19. The lowest BCUT2D eigenvalue weighted by Crippen LogP contribution is -2.22. The topological polar surface area (TPSA) is 51.4 Å². The first kappa shape index (κ1) is 14.1. The third-order valence-corrected chi connectivity index (χ3v) is 4.70. The molecule has 2 aliphatic heterocycles. The maximum Gasteiger partial charge on any atom is 0.180 e. The minimum atomic E-state index is 0. The molecule has 0 bridgehead atoms. The summed E-state index contributed by atoms with van der Waals surface area (Å²) in [5, 5.41) is 0.680. The fourth-order valence-electron chi connectivity index (χ4n) is 2.93. The van der Waals surface area contributed by atoms with Gasteiger partial charge in [-0.3, -0.25) is 4.90 Å². The molecule has 0 spiro atoms. The van der Waals surface area contributed by atoms with Crippen molar-refractivity contribution in [2.45, 2.75) is 19.4 Å². The lowest BCUT2D eigenvalue weighted by Gasteiger charge is -2.18. The van der Waals surface area contributed by atoms with Crippen LogP contribution in [0.25, 0.3) is 0 Å². The Morgan fingerprint density at radius 1 is 1.44 bits per heavy atom. The Labute approximate surface area is 118 Å². The Hall–Kier alpha value is -0.360. The summed E-state index contributed by atoms with van der Waals surface area (Å²) in [5.41, 5.74) is 5.65. The van der Waals surface area contributed by atoms with E-state index in [0.29, 0.717) is 5.13 Å². The van der Waals surface area contributed by atoms with Gasteiger partial charge in [-0.1, -0.05) is 0 Å². The Balaban J connectivity index is 0.00000120. The number of hydrogen-bond acceptors (Lipinski definition) is 5. The van der Waals surface area contributed by atoms with Crippen LogP contribution >= 0.6 is 23.7 Å². The normalized spacial score (nSPS) is 28.4. The molecule has 18 heavy (non-hydrogen) atoms. The van der Waals surface area contributed by atoms with E-state index in [-0.39, 0.29) is 12.4 Å². The van der Waals surface area contributed by atoms with Crippen LogP contribution in [-0.2, 0) is 11.3 Å². The summed E-state index contributed by atoms with van der Waals surface area (Å²) in [4.78, 5) is 7.91. The van der Waals surface area contributed by atoms with Gasteiger partial charge in [-0.2, -0.15) is 0 Å². The van der Waals surface area contributed by atoms with Gasteiger partial charge in [-0.25, -0.2) is 4.98 Å². The molecule has 0 aliphatic carbocycles. The van der Waals surface area contributed by atoms with Gasteiger partial charge >= 0.3 is 0 Å². The number of nitrogen functional groups attached to an aromatic ring is 1. The lowest BCUT2D eigenvalue weighted by molar-refractivity contribution is 0.171. The second-order valence-corrected chi connectivity index (χ2v) is 6.22. The summed E-state index contributed by atoms with van der Waals surface area (Å²) in [5.74, 6) is 1.63. The number of aromatic nitrogens is 1. The minimum absolute atomic E-state index is 0. The Morgan fingerprint density at radius 2 is 2.33 bits per heavy atom. The highest BCUT2D eigenvalue weighted by Gasteiger charge is 2.31. The van der Waals surface area contributed by atoms with Gasteiger partial charge in [0.15, 0.2) is 5.13 Å². The van der Waals surface area contributed by atoms with Crippen molar-refractivity contribution >= 4 is 28.9 Å². The maximum atomic E-state index is 5.65. The van der Waals surface area contributed by atoms with Crippen molar-refractivity contribution in [3.63, 3.8) is 0 Å². The summed E-state index contributed by atoms with van der Waals surface area (Å²) in [6, 6.07) is 0. The monoisotopic (exact) mass is 289 g/mol. The van der Waals surface area contributed by atoms with Crippen LogP contribution in [-0.4, -0.2) is 36.2 Å². The van der Waals surface area contributed by atoms with Crippen molar-refractivity contribution in [1.82, 2.24) is 9.88 Å². The first-order chi connectivity index (χ1) is 8.31. The summed E-state index contributed by atoms with van der Waals surface area (Å²) >= 11 is 1.61. The predicted octanol–water partition coefficient (Wildman–Crippen LogP) is 2.01. The van der Waals surface area contributed by atoms with Gasteiger partial charge < -0.3 is 10.5 Å². The first-order valence-electron chi connectivity index (χ1n) is 6.31. The van der Waals surface area contributed by atoms with Gasteiger partial charge in [-0.15, -0.1) is 23.7 Å². The fraction of sp³-hybridized carbons (Fsp3) is 0.750. The third-order valence-electron chi connectivity index (χ3n) is 3.89. The molecule has 2 aliphatic rings. The molecule has 0 amide bonds. The van der Waals surface area contributed by atoms with Crippen molar-refractivity contribution in [2.75, 3.05) is 32.0 Å².